The van der Waals surface area contributed by atoms with E-state index in [2.05, 4.69) is 0 Å². The van der Waals surface area contributed by atoms with Crippen molar-refractivity contribution in [3.05, 3.63) is 65.7 Å². The number of aliphatic hydroxyl groups excluding tert-OH is 5. The van der Waals surface area contributed by atoms with Crippen molar-refractivity contribution in [2.75, 3.05) is 13.2 Å². The Morgan fingerprint density at radius 3 is 2.12 bits per heavy atom. The number of ether oxygens (including phenoxy) is 5. The van der Waals surface area contributed by atoms with Gasteiger partial charge in [-0.25, -0.2) is 4.79 Å². The molecule has 0 spiro atoms. The molecular weight excluding hydrogens is 556 g/mol. The molecule has 2 fully saturated rings. The molecule has 2 aliphatic heterocycles. The van der Waals surface area contributed by atoms with Crippen molar-refractivity contribution >= 4 is 12.0 Å². The first-order chi connectivity index (χ1) is 20.1. The maximum atomic E-state index is 12.8. The van der Waals surface area contributed by atoms with Crippen molar-refractivity contribution < 1.29 is 64.2 Å². The Labute approximate surface area is 241 Å². The van der Waals surface area contributed by atoms with Crippen molar-refractivity contribution in [1.82, 2.24) is 0 Å². The highest BCUT2D eigenvalue weighted by Gasteiger charge is 2.52. The predicted molar refractivity (Wildman–Crippen MR) is 144 cm³/mol. The van der Waals surface area contributed by atoms with Crippen molar-refractivity contribution in [3.8, 4) is 11.5 Å². The lowest BCUT2D eigenvalue weighted by atomic mass is 9.97. The summed E-state index contributed by atoms with van der Waals surface area (Å²) in [5.41, 5.74) is 1.41. The molecule has 4 rings (SSSR count). The van der Waals surface area contributed by atoms with E-state index in [4.69, 9.17) is 23.7 Å². The van der Waals surface area contributed by atoms with Crippen molar-refractivity contribution in [3.63, 3.8) is 0 Å². The van der Waals surface area contributed by atoms with Gasteiger partial charge in [0.15, 0.2) is 18.7 Å². The predicted octanol–water partition coefficient (Wildman–Crippen LogP) is -0.427. The molecule has 2 saturated heterocycles. The number of carbonyl (C=O) groups excluding carboxylic acids is 1. The number of rotatable bonds is 10. The van der Waals surface area contributed by atoms with Gasteiger partial charge >= 0.3 is 5.97 Å². The van der Waals surface area contributed by atoms with Crippen LogP contribution in [0.5, 0.6) is 11.5 Å². The largest absolute Gasteiger partial charge is 0.508 e. The van der Waals surface area contributed by atoms with Crippen LogP contribution in [0, 0.1) is 0 Å². The summed E-state index contributed by atoms with van der Waals surface area (Å²) < 4.78 is 28.4. The summed E-state index contributed by atoms with van der Waals surface area (Å²) >= 11 is 0. The summed E-state index contributed by atoms with van der Waals surface area (Å²) in [4.78, 5) is 12.8. The maximum absolute atomic E-state index is 12.8. The van der Waals surface area contributed by atoms with Crippen molar-refractivity contribution in [2.24, 2.45) is 0 Å². The molecule has 0 saturated carbocycles. The Hall–Kier alpha value is -3.11. The average Bonchev–Trinajstić information content (AvgIpc) is 2.98. The smallest absolute Gasteiger partial charge is 0.331 e. The van der Waals surface area contributed by atoms with Crippen LogP contribution in [-0.2, 0) is 34.9 Å². The molecule has 2 aromatic carbocycles. The molecule has 42 heavy (non-hydrogen) atoms. The summed E-state index contributed by atoms with van der Waals surface area (Å²) in [5, 5.41) is 71.0. The standard InChI is InChI=1S/C29H36O13/c1-15-22(34)23(35)24(36)29(39-15)42-27-25(37)28(38-13-12-17-4-9-19(32)10-5-17)40-20(14-30)26(27)41-21(33)11-6-16-2-7-18(31)8-3-16/h2-11,15,20,22-32,34-37H,12-14H2,1H3/b11-6+. The number of aromatic hydroxyl groups is 2. The third kappa shape index (κ3) is 7.83. The molecule has 13 heteroatoms. The Morgan fingerprint density at radius 2 is 1.48 bits per heavy atom. The Kier molecular flexibility index (Phi) is 10.9. The Morgan fingerprint density at radius 1 is 0.833 bits per heavy atom. The SMILES string of the molecule is CC1OC(OC2C(O)C(OCCc3ccc(O)cc3)OC(CO)C2OC(=O)/C=C/c2ccc(O)cc2)C(O)C(O)C1O. The summed E-state index contributed by atoms with van der Waals surface area (Å²) in [6.07, 6.45) is -11.5. The maximum Gasteiger partial charge on any atom is 0.331 e. The number of aliphatic hydroxyl groups is 5. The van der Waals surface area contributed by atoms with E-state index in [0.717, 1.165) is 11.6 Å². The highest BCUT2D eigenvalue weighted by molar-refractivity contribution is 5.87. The number of carbonyl (C=O) groups is 1. The lowest BCUT2D eigenvalue weighted by Gasteiger charge is -2.46. The number of phenolic OH excluding ortho intramolecular Hbond substituents is 2. The first-order valence-corrected chi connectivity index (χ1v) is 13.4. The number of esters is 1. The van der Waals surface area contributed by atoms with Crippen LogP contribution in [0.1, 0.15) is 18.1 Å². The van der Waals surface area contributed by atoms with Gasteiger partial charge in [-0.1, -0.05) is 24.3 Å². The van der Waals surface area contributed by atoms with Crippen LogP contribution < -0.4 is 0 Å². The number of hydrogen-bond donors (Lipinski definition) is 7. The summed E-state index contributed by atoms with van der Waals surface area (Å²) in [7, 11) is 0. The van der Waals surface area contributed by atoms with Crippen LogP contribution in [-0.4, -0.2) is 116 Å². The van der Waals surface area contributed by atoms with E-state index in [0.29, 0.717) is 12.0 Å². The average molecular weight is 593 g/mol. The van der Waals surface area contributed by atoms with Crippen LogP contribution in [0.15, 0.2) is 54.6 Å². The fraction of sp³-hybridized carbons (Fsp3) is 0.483. The highest BCUT2D eigenvalue weighted by Crippen LogP contribution is 2.31. The molecule has 230 valence electrons. The summed E-state index contributed by atoms with van der Waals surface area (Å²) in [6.45, 7) is 0.839. The molecule has 0 radical (unpaired) electrons. The molecule has 10 atom stereocenters. The Bertz CT molecular complexity index is 1170. The minimum Gasteiger partial charge on any atom is -0.508 e. The molecule has 0 bridgehead atoms. The molecule has 0 aromatic heterocycles. The van der Waals surface area contributed by atoms with Crippen LogP contribution >= 0.6 is 0 Å². The van der Waals surface area contributed by atoms with E-state index >= 15 is 0 Å². The first-order valence-electron chi connectivity index (χ1n) is 13.4. The summed E-state index contributed by atoms with van der Waals surface area (Å²) in [5.74, 6) is -0.724. The third-order valence-corrected chi connectivity index (χ3v) is 7.06. The van der Waals surface area contributed by atoms with Crippen LogP contribution in [0.2, 0.25) is 0 Å². The molecular formula is C29H36O13. The van der Waals surface area contributed by atoms with Gasteiger partial charge in [-0.15, -0.1) is 0 Å². The lowest BCUT2D eigenvalue weighted by molar-refractivity contribution is -0.357. The fourth-order valence-electron chi connectivity index (χ4n) is 4.64. The van der Waals surface area contributed by atoms with Crippen LogP contribution in [0.4, 0.5) is 0 Å². The molecule has 7 N–H and O–H groups in total. The zero-order valence-corrected chi connectivity index (χ0v) is 22.7. The second-order valence-electron chi connectivity index (χ2n) is 10.1. The molecule has 10 unspecified atom stereocenters. The topological polar surface area (TPSA) is 205 Å². The minimum absolute atomic E-state index is 0.0489. The minimum atomic E-state index is -1.72. The molecule has 13 nitrogen and oxygen atoms in total. The van der Waals surface area contributed by atoms with Gasteiger partial charge in [-0.2, -0.15) is 0 Å². The van der Waals surface area contributed by atoms with E-state index in [1.54, 1.807) is 24.3 Å². The monoisotopic (exact) mass is 592 g/mol. The van der Waals surface area contributed by atoms with Gasteiger partial charge in [0.25, 0.3) is 0 Å². The molecule has 2 aromatic rings. The van der Waals surface area contributed by atoms with Gasteiger partial charge in [0.2, 0.25) is 0 Å². The van der Waals surface area contributed by atoms with Gasteiger partial charge in [0.05, 0.1) is 19.3 Å². The highest BCUT2D eigenvalue weighted by atomic mass is 16.7. The molecule has 2 heterocycles. The van der Waals surface area contributed by atoms with Crippen molar-refractivity contribution in [1.29, 1.82) is 0 Å². The quantitative estimate of drug-likeness (QED) is 0.138. The number of benzene rings is 2. The zero-order chi connectivity index (χ0) is 30.4. The van der Waals surface area contributed by atoms with E-state index in [1.165, 1.54) is 37.3 Å². The fourth-order valence-corrected chi connectivity index (χ4v) is 4.64. The normalized spacial score (nSPS) is 33.5. The van der Waals surface area contributed by atoms with E-state index in [-0.39, 0.29) is 18.1 Å². The first kappa shape index (κ1) is 31.8. The second kappa shape index (κ2) is 14.4. The number of phenols is 2. The molecule has 0 aliphatic carbocycles. The van der Waals surface area contributed by atoms with E-state index in [9.17, 15) is 40.5 Å². The van der Waals surface area contributed by atoms with Gasteiger partial charge in [0.1, 0.15) is 48.1 Å². The van der Waals surface area contributed by atoms with Gasteiger partial charge < -0.3 is 59.4 Å². The van der Waals surface area contributed by atoms with Crippen LogP contribution in [0.3, 0.4) is 0 Å². The Balaban J connectivity index is 1.51. The van der Waals surface area contributed by atoms with E-state index in [1.807, 2.05) is 0 Å². The van der Waals surface area contributed by atoms with Gasteiger partial charge in [0, 0.05) is 6.08 Å². The van der Waals surface area contributed by atoms with Gasteiger partial charge in [-0.3, -0.25) is 0 Å². The lowest BCUT2D eigenvalue weighted by Crippen LogP contribution is -2.65. The van der Waals surface area contributed by atoms with E-state index < -0.39 is 74.0 Å². The molecule has 2 aliphatic rings. The third-order valence-electron chi connectivity index (χ3n) is 7.06. The van der Waals surface area contributed by atoms with Gasteiger partial charge in [-0.05, 0) is 54.8 Å². The number of hydrogen-bond acceptors (Lipinski definition) is 13. The van der Waals surface area contributed by atoms with Crippen LogP contribution in [0.25, 0.3) is 6.08 Å². The zero-order valence-electron chi connectivity index (χ0n) is 22.7. The van der Waals surface area contributed by atoms with Crippen molar-refractivity contribution in [2.45, 2.75) is 74.8 Å². The second-order valence-corrected chi connectivity index (χ2v) is 10.1. The summed E-state index contributed by atoms with van der Waals surface area (Å²) in [6, 6.07) is 12.4. The molecule has 0 amide bonds.